The molecule has 0 saturated carbocycles. The minimum atomic E-state index is -0.457. The summed E-state index contributed by atoms with van der Waals surface area (Å²) in [6.07, 6.45) is 5.24. The predicted molar refractivity (Wildman–Crippen MR) is 108 cm³/mol. The monoisotopic (exact) mass is 407 g/mol. The first-order valence-electron chi connectivity index (χ1n) is 9.38. The van der Waals surface area contributed by atoms with E-state index in [1.54, 1.807) is 6.20 Å². The van der Waals surface area contributed by atoms with Gasteiger partial charge in [0, 0.05) is 41.0 Å². The molecular formula is C20H18ClN7O. The Hall–Kier alpha value is -3.26. The van der Waals surface area contributed by atoms with Gasteiger partial charge in [0.15, 0.2) is 5.82 Å². The molecule has 0 bridgehead atoms. The van der Waals surface area contributed by atoms with Crippen LogP contribution in [0.5, 0.6) is 0 Å². The van der Waals surface area contributed by atoms with E-state index in [1.807, 2.05) is 45.9 Å². The summed E-state index contributed by atoms with van der Waals surface area (Å²) in [6, 6.07) is 9.50. The standard InChI is InChI=1S/C20H18ClN7O/c21-13-1-2-15-16(10-13)23-6-4-17(15)28-20(25-19(26-28)11-18(22)29)12-5-8-27-14(9-12)3-7-24-27/h1-4,6-7,10,12H,5,8-9,11H2,(H2,22,29). The molecule has 8 nitrogen and oxygen atoms in total. The van der Waals surface area contributed by atoms with Crippen molar-refractivity contribution in [2.24, 2.45) is 5.73 Å². The van der Waals surface area contributed by atoms with Crippen molar-refractivity contribution >= 4 is 28.4 Å². The van der Waals surface area contributed by atoms with Gasteiger partial charge in [-0.2, -0.15) is 10.2 Å². The zero-order valence-corrected chi connectivity index (χ0v) is 16.3. The Morgan fingerprint density at radius 2 is 2.14 bits per heavy atom. The van der Waals surface area contributed by atoms with Crippen LogP contribution < -0.4 is 5.73 Å². The summed E-state index contributed by atoms with van der Waals surface area (Å²) in [7, 11) is 0. The molecule has 4 heterocycles. The van der Waals surface area contributed by atoms with Gasteiger partial charge in [-0.15, -0.1) is 0 Å². The Kier molecular flexibility index (Phi) is 4.28. The highest BCUT2D eigenvalue weighted by molar-refractivity contribution is 6.31. The van der Waals surface area contributed by atoms with E-state index >= 15 is 0 Å². The van der Waals surface area contributed by atoms with Crippen LogP contribution in [0.25, 0.3) is 16.6 Å². The Bertz CT molecular complexity index is 1230. The molecule has 146 valence electrons. The summed E-state index contributed by atoms with van der Waals surface area (Å²) in [5, 5.41) is 10.5. The molecule has 2 N–H and O–H groups in total. The summed E-state index contributed by atoms with van der Waals surface area (Å²) >= 11 is 6.13. The second-order valence-electron chi connectivity index (χ2n) is 7.17. The predicted octanol–water partition coefficient (Wildman–Crippen LogP) is 2.42. The summed E-state index contributed by atoms with van der Waals surface area (Å²) < 4.78 is 3.85. The molecular weight excluding hydrogens is 390 g/mol. The number of hydrogen-bond acceptors (Lipinski definition) is 5. The van der Waals surface area contributed by atoms with E-state index < -0.39 is 5.91 Å². The molecule has 0 spiro atoms. The summed E-state index contributed by atoms with van der Waals surface area (Å²) in [6.45, 7) is 0.817. The number of nitrogens with zero attached hydrogens (tertiary/aromatic N) is 6. The summed E-state index contributed by atoms with van der Waals surface area (Å²) in [4.78, 5) is 20.6. The lowest BCUT2D eigenvalue weighted by atomic mass is 9.95. The van der Waals surface area contributed by atoms with Crippen LogP contribution in [0.1, 0.15) is 29.7 Å². The van der Waals surface area contributed by atoms with Crippen molar-refractivity contribution in [1.29, 1.82) is 0 Å². The average Bonchev–Trinajstić information content (AvgIpc) is 3.33. The molecule has 0 aliphatic carbocycles. The van der Waals surface area contributed by atoms with Gasteiger partial charge < -0.3 is 5.73 Å². The Labute approximate surface area is 171 Å². The fourth-order valence-corrected chi connectivity index (χ4v) is 4.09. The molecule has 29 heavy (non-hydrogen) atoms. The maximum atomic E-state index is 11.5. The highest BCUT2D eigenvalue weighted by Gasteiger charge is 2.27. The van der Waals surface area contributed by atoms with Crippen molar-refractivity contribution in [2.75, 3.05) is 0 Å². The second-order valence-corrected chi connectivity index (χ2v) is 7.60. The van der Waals surface area contributed by atoms with Crippen molar-refractivity contribution in [3.63, 3.8) is 0 Å². The average molecular weight is 408 g/mol. The van der Waals surface area contributed by atoms with Crippen LogP contribution in [0.15, 0.2) is 42.7 Å². The number of hydrogen-bond donors (Lipinski definition) is 1. The number of primary amides is 1. The number of benzene rings is 1. The lowest BCUT2D eigenvalue weighted by molar-refractivity contribution is -0.117. The fraction of sp³-hybridized carbons (Fsp3) is 0.250. The van der Waals surface area contributed by atoms with Gasteiger partial charge in [-0.1, -0.05) is 11.6 Å². The number of carbonyl (C=O) groups is 1. The quantitative estimate of drug-likeness (QED) is 0.559. The molecule has 1 atom stereocenters. The fourth-order valence-electron chi connectivity index (χ4n) is 3.92. The molecule has 5 rings (SSSR count). The van der Waals surface area contributed by atoms with Gasteiger partial charge in [-0.3, -0.25) is 14.5 Å². The number of aryl methyl sites for hydroxylation is 1. The highest BCUT2D eigenvalue weighted by atomic mass is 35.5. The van der Waals surface area contributed by atoms with Gasteiger partial charge in [0.25, 0.3) is 0 Å². The van der Waals surface area contributed by atoms with Gasteiger partial charge >= 0.3 is 0 Å². The first-order chi connectivity index (χ1) is 14.1. The van der Waals surface area contributed by atoms with Crippen LogP contribution in [0.3, 0.4) is 0 Å². The third-order valence-corrected chi connectivity index (χ3v) is 5.47. The summed E-state index contributed by atoms with van der Waals surface area (Å²) in [5.41, 5.74) is 8.18. The van der Waals surface area contributed by atoms with Gasteiger partial charge in [-0.05, 0) is 43.2 Å². The number of rotatable bonds is 4. The molecule has 1 unspecified atom stereocenters. The van der Waals surface area contributed by atoms with Crippen LogP contribution in [0, 0.1) is 0 Å². The third-order valence-electron chi connectivity index (χ3n) is 5.23. The molecule has 0 saturated heterocycles. The Morgan fingerprint density at radius 1 is 1.24 bits per heavy atom. The maximum absolute atomic E-state index is 11.5. The van der Waals surface area contributed by atoms with E-state index in [9.17, 15) is 4.79 Å². The minimum absolute atomic E-state index is 0.000499. The smallest absolute Gasteiger partial charge is 0.225 e. The van der Waals surface area contributed by atoms with E-state index in [0.29, 0.717) is 10.8 Å². The van der Waals surface area contributed by atoms with Crippen LogP contribution in [-0.2, 0) is 24.2 Å². The zero-order valence-electron chi connectivity index (χ0n) is 15.5. The SMILES string of the molecule is NC(=O)Cc1nc(C2CCn3nccc3C2)n(-c2ccnc3cc(Cl)ccc23)n1. The van der Waals surface area contributed by atoms with E-state index in [2.05, 4.69) is 15.2 Å². The van der Waals surface area contributed by atoms with Crippen LogP contribution in [-0.4, -0.2) is 35.4 Å². The first kappa shape index (κ1) is 17.8. The number of fused-ring (bicyclic) bond motifs is 2. The molecule has 0 fully saturated rings. The van der Waals surface area contributed by atoms with E-state index in [0.717, 1.165) is 41.8 Å². The van der Waals surface area contributed by atoms with Crippen molar-refractivity contribution in [3.05, 3.63) is 65.1 Å². The summed E-state index contributed by atoms with van der Waals surface area (Å²) in [5.74, 6) is 0.937. The molecule has 9 heteroatoms. The number of amides is 1. The van der Waals surface area contributed by atoms with Gasteiger partial charge in [-0.25, -0.2) is 9.67 Å². The lowest BCUT2D eigenvalue weighted by Gasteiger charge is -2.23. The molecule has 1 aliphatic heterocycles. The maximum Gasteiger partial charge on any atom is 0.225 e. The Balaban J connectivity index is 1.65. The number of nitrogens with two attached hydrogens (primary N) is 1. The topological polar surface area (TPSA) is 105 Å². The normalized spacial score (nSPS) is 16.1. The molecule has 0 radical (unpaired) electrons. The van der Waals surface area contributed by atoms with E-state index in [-0.39, 0.29) is 12.3 Å². The largest absolute Gasteiger partial charge is 0.369 e. The van der Waals surface area contributed by atoms with E-state index in [4.69, 9.17) is 22.3 Å². The molecule has 1 aromatic carbocycles. The van der Waals surface area contributed by atoms with Crippen molar-refractivity contribution < 1.29 is 4.79 Å². The minimum Gasteiger partial charge on any atom is -0.369 e. The Morgan fingerprint density at radius 3 is 3.00 bits per heavy atom. The lowest BCUT2D eigenvalue weighted by Crippen LogP contribution is -2.21. The first-order valence-corrected chi connectivity index (χ1v) is 9.76. The van der Waals surface area contributed by atoms with Crippen molar-refractivity contribution in [1.82, 2.24) is 29.5 Å². The third kappa shape index (κ3) is 3.25. The second kappa shape index (κ2) is 6.97. The number of aromatic nitrogens is 6. The van der Waals surface area contributed by atoms with E-state index in [1.165, 1.54) is 5.69 Å². The zero-order chi connectivity index (χ0) is 20.0. The van der Waals surface area contributed by atoms with Crippen LogP contribution in [0.2, 0.25) is 5.02 Å². The molecule has 3 aromatic heterocycles. The van der Waals surface area contributed by atoms with Gasteiger partial charge in [0.05, 0.1) is 17.6 Å². The number of carbonyl (C=O) groups excluding carboxylic acids is 1. The van der Waals surface area contributed by atoms with Crippen molar-refractivity contribution in [3.8, 4) is 5.69 Å². The van der Waals surface area contributed by atoms with Crippen LogP contribution >= 0.6 is 11.6 Å². The van der Waals surface area contributed by atoms with Crippen molar-refractivity contribution in [2.45, 2.75) is 31.7 Å². The molecule has 1 amide bonds. The van der Waals surface area contributed by atoms with Gasteiger partial charge in [0.1, 0.15) is 5.82 Å². The number of halogens is 1. The molecule has 4 aromatic rings. The highest BCUT2D eigenvalue weighted by Crippen LogP contribution is 2.31. The molecule has 1 aliphatic rings. The number of pyridine rings is 1. The van der Waals surface area contributed by atoms with Gasteiger partial charge in [0.2, 0.25) is 5.91 Å². The van der Waals surface area contributed by atoms with Crippen LogP contribution in [0.4, 0.5) is 0 Å².